The molecule has 0 aliphatic rings. The molecule has 3 aromatic carbocycles. The van der Waals surface area contributed by atoms with Crippen molar-refractivity contribution in [1.82, 2.24) is 10.2 Å². The van der Waals surface area contributed by atoms with Crippen LogP contribution >= 0.6 is 11.6 Å². The molecule has 10 heteroatoms. The fourth-order valence-corrected chi connectivity index (χ4v) is 5.68. The van der Waals surface area contributed by atoms with Crippen molar-refractivity contribution >= 4 is 39.1 Å². The molecule has 0 radical (unpaired) electrons. The Hall–Kier alpha value is -3.43. The van der Waals surface area contributed by atoms with E-state index in [1.165, 1.54) is 41.3 Å². The molecule has 3 aromatic rings. The van der Waals surface area contributed by atoms with Crippen LogP contribution in [0.1, 0.15) is 37.5 Å². The van der Waals surface area contributed by atoms with Gasteiger partial charge in [-0.05, 0) is 74.2 Å². The van der Waals surface area contributed by atoms with E-state index in [0.29, 0.717) is 22.7 Å². The third-order valence-corrected chi connectivity index (χ3v) is 8.70. The average molecular weight is 588 g/mol. The van der Waals surface area contributed by atoms with Crippen molar-refractivity contribution in [3.63, 3.8) is 0 Å². The molecule has 0 bridgehead atoms. The number of nitrogens with zero attached hydrogens (tertiary/aromatic N) is 2. The van der Waals surface area contributed by atoms with Crippen LogP contribution in [0, 0.1) is 25.6 Å². The van der Waals surface area contributed by atoms with Gasteiger partial charge in [-0.25, -0.2) is 12.8 Å². The zero-order chi connectivity index (χ0) is 29.6. The molecule has 1 atom stereocenters. The summed E-state index contributed by atoms with van der Waals surface area (Å²) in [5.41, 5.74) is 2.21. The Morgan fingerprint density at radius 3 is 2.17 bits per heavy atom. The van der Waals surface area contributed by atoms with Crippen molar-refractivity contribution in [2.24, 2.45) is 5.92 Å². The van der Waals surface area contributed by atoms with Gasteiger partial charge < -0.3 is 10.2 Å². The summed E-state index contributed by atoms with van der Waals surface area (Å²) >= 11 is 6.35. The lowest BCUT2D eigenvalue weighted by molar-refractivity contribution is -0.139. The van der Waals surface area contributed by atoms with Crippen LogP contribution in [0.5, 0.6) is 0 Å². The zero-order valence-corrected chi connectivity index (χ0v) is 24.9. The molecule has 214 valence electrons. The summed E-state index contributed by atoms with van der Waals surface area (Å²) in [5.74, 6) is -1.22. The maximum Gasteiger partial charge on any atom is 0.264 e. The number of amides is 2. The number of hydrogen-bond acceptors (Lipinski definition) is 4. The number of anilines is 1. The number of carbonyl (C=O) groups is 2. The number of aryl methyl sites for hydroxylation is 1. The SMILES string of the molecule is Cc1ccc(S(=O)(=O)N(CC(=O)N(Cc2ccc(F)cc2)[C@@H](C)C(=O)NCC(C)C)c2cccc(Cl)c2C)cc1. The lowest BCUT2D eigenvalue weighted by atomic mass is 10.1. The number of carbonyl (C=O) groups excluding carboxylic acids is 2. The van der Waals surface area contributed by atoms with Crippen LogP contribution in [0.2, 0.25) is 5.02 Å². The minimum atomic E-state index is -4.21. The Labute approximate surface area is 241 Å². The van der Waals surface area contributed by atoms with E-state index in [9.17, 15) is 22.4 Å². The first kappa shape index (κ1) is 31.1. The standard InChI is InChI=1S/C30H35ClFN3O4S/c1-20(2)17-33-30(37)23(5)34(18-24-11-13-25(32)14-12-24)29(36)19-35(28-8-6-7-27(31)22(28)4)40(38,39)26-15-9-21(3)10-16-26/h6-16,20,23H,17-19H2,1-5H3,(H,33,37)/t23-/m0/s1. The third kappa shape index (κ3) is 7.61. The topological polar surface area (TPSA) is 86.8 Å². The van der Waals surface area contributed by atoms with Crippen LogP contribution in [0.3, 0.4) is 0 Å². The Kier molecular flexibility index (Phi) is 10.3. The van der Waals surface area contributed by atoms with Crippen molar-refractivity contribution < 1.29 is 22.4 Å². The van der Waals surface area contributed by atoms with Gasteiger partial charge in [0.05, 0.1) is 10.6 Å². The number of benzene rings is 3. The summed E-state index contributed by atoms with van der Waals surface area (Å²) in [6.45, 7) is 8.82. The van der Waals surface area contributed by atoms with Gasteiger partial charge in [-0.1, -0.05) is 61.3 Å². The Morgan fingerprint density at radius 1 is 0.950 bits per heavy atom. The molecule has 7 nitrogen and oxygen atoms in total. The van der Waals surface area contributed by atoms with Crippen LogP contribution < -0.4 is 9.62 Å². The van der Waals surface area contributed by atoms with Crippen LogP contribution in [0.4, 0.5) is 10.1 Å². The molecule has 0 saturated carbocycles. The molecule has 0 fully saturated rings. The fraction of sp³-hybridized carbons (Fsp3) is 0.333. The minimum absolute atomic E-state index is 0.0121. The quantitative estimate of drug-likeness (QED) is 0.322. The first-order valence-corrected chi connectivity index (χ1v) is 14.8. The smallest absolute Gasteiger partial charge is 0.264 e. The summed E-state index contributed by atoms with van der Waals surface area (Å²) in [6.07, 6.45) is 0. The fourth-order valence-electron chi connectivity index (χ4n) is 4.04. The van der Waals surface area contributed by atoms with Gasteiger partial charge in [0, 0.05) is 18.1 Å². The van der Waals surface area contributed by atoms with Gasteiger partial charge in [0.1, 0.15) is 18.4 Å². The van der Waals surface area contributed by atoms with Gasteiger partial charge >= 0.3 is 0 Å². The van der Waals surface area contributed by atoms with E-state index >= 15 is 0 Å². The van der Waals surface area contributed by atoms with E-state index in [2.05, 4.69) is 5.32 Å². The highest BCUT2D eigenvalue weighted by molar-refractivity contribution is 7.92. The first-order chi connectivity index (χ1) is 18.8. The van der Waals surface area contributed by atoms with Crippen molar-refractivity contribution in [2.45, 2.75) is 52.1 Å². The molecule has 1 N–H and O–H groups in total. The van der Waals surface area contributed by atoms with Crippen molar-refractivity contribution in [1.29, 1.82) is 0 Å². The third-order valence-electron chi connectivity index (χ3n) is 6.51. The van der Waals surface area contributed by atoms with E-state index in [4.69, 9.17) is 11.6 Å². The number of rotatable bonds is 11. The van der Waals surface area contributed by atoms with Crippen LogP contribution in [0.25, 0.3) is 0 Å². The Morgan fingerprint density at radius 2 is 1.57 bits per heavy atom. The molecule has 0 heterocycles. The Bertz CT molecular complexity index is 1440. The molecule has 0 aromatic heterocycles. The molecule has 0 unspecified atom stereocenters. The summed E-state index contributed by atoms with van der Waals surface area (Å²) in [6, 6.07) is 15.8. The molecule has 40 heavy (non-hydrogen) atoms. The van der Waals surface area contributed by atoms with Crippen molar-refractivity contribution in [3.8, 4) is 0 Å². The van der Waals surface area contributed by atoms with Gasteiger partial charge in [0.15, 0.2) is 0 Å². The van der Waals surface area contributed by atoms with Gasteiger partial charge in [-0.15, -0.1) is 0 Å². The first-order valence-electron chi connectivity index (χ1n) is 13.0. The molecule has 3 rings (SSSR count). The van der Waals surface area contributed by atoms with Gasteiger partial charge in [-0.3, -0.25) is 13.9 Å². The largest absolute Gasteiger partial charge is 0.354 e. The number of sulfonamides is 1. The van der Waals surface area contributed by atoms with Gasteiger partial charge in [-0.2, -0.15) is 0 Å². The summed E-state index contributed by atoms with van der Waals surface area (Å²) in [7, 11) is -4.21. The molecule has 0 spiro atoms. The van der Waals surface area contributed by atoms with Gasteiger partial charge in [0.25, 0.3) is 10.0 Å². The second kappa shape index (κ2) is 13.3. The van der Waals surface area contributed by atoms with Crippen LogP contribution in [-0.2, 0) is 26.2 Å². The lowest BCUT2D eigenvalue weighted by Gasteiger charge is -2.32. The maximum atomic E-state index is 13.9. The minimum Gasteiger partial charge on any atom is -0.354 e. The van der Waals surface area contributed by atoms with Gasteiger partial charge in [0.2, 0.25) is 11.8 Å². The number of halogens is 2. The summed E-state index contributed by atoms with van der Waals surface area (Å²) in [4.78, 5) is 28.3. The summed E-state index contributed by atoms with van der Waals surface area (Å²) < 4.78 is 42.5. The van der Waals surface area contributed by atoms with E-state index in [0.717, 1.165) is 9.87 Å². The summed E-state index contributed by atoms with van der Waals surface area (Å²) in [5, 5.41) is 3.18. The van der Waals surface area contributed by atoms with E-state index in [1.807, 2.05) is 20.8 Å². The highest BCUT2D eigenvalue weighted by Crippen LogP contribution is 2.31. The molecule has 0 aliphatic carbocycles. The van der Waals surface area contributed by atoms with Crippen molar-refractivity contribution in [3.05, 3.63) is 94.3 Å². The van der Waals surface area contributed by atoms with Crippen molar-refractivity contribution in [2.75, 3.05) is 17.4 Å². The molecular formula is C30H35ClFN3O4S. The number of hydrogen-bond donors (Lipinski definition) is 1. The normalized spacial score (nSPS) is 12.2. The lowest BCUT2D eigenvalue weighted by Crippen LogP contribution is -2.51. The predicted octanol–water partition coefficient (Wildman–Crippen LogP) is 5.48. The van der Waals surface area contributed by atoms with E-state index in [1.54, 1.807) is 44.2 Å². The highest BCUT2D eigenvalue weighted by atomic mass is 35.5. The number of nitrogens with one attached hydrogen (secondary N) is 1. The molecule has 0 saturated heterocycles. The second-order valence-electron chi connectivity index (χ2n) is 10.2. The molecule has 0 aliphatic heterocycles. The van der Waals surface area contributed by atoms with Crippen LogP contribution in [-0.4, -0.2) is 44.3 Å². The maximum absolute atomic E-state index is 13.9. The molecule has 2 amide bonds. The van der Waals surface area contributed by atoms with E-state index in [-0.39, 0.29) is 29.0 Å². The monoisotopic (exact) mass is 587 g/mol. The average Bonchev–Trinajstić information content (AvgIpc) is 2.91. The van der Waals surface area contributed by atoms with Crippen LogP contribution in [0.15, 0.2) is 71.6 Å². The zero-order valence-electron chi connectivity index (χ0n) is 23.3. The Balaban J connectivity index is 2.05. The molecular weight excluding hydrogens is 553 g/mol. The predicted molar refractivity (Wildman–Crippen MR) is 156 cm³/mol. The van der Waals surface area contributed by atoms with E-state index < -0.39 is 34.3 Å². The second-order valence-corrected chi connectivity index (χ2v) is 12.4. The highest BCUT2D eigenvalue weighted by Gasteiger charge is 2.33.